The fraction of sp³-hybridized carbons (Fsp3) is 1.00. The first kappa shape index (κ1) is 26.3. The van der Waals surface area contributed by atoms with Crippen LogP contribution in [0.4, 0.5) is 0 Å². The third-order valence-corrected chi connectivity index (χ3v) is 5.86. The Kier molecular flexibility index (Phi) is 11.3. The Bertz CT molecular complexity index is 351. The molecule has 152 valence electrons. The molecule has 0 bridgehead atoms. The smallest absolute Gasteiger partial charge is 0.0677 e. The van der Waals surface area contributed by atoms with E-state index in [-0.39, 0.29) is 14.6 Å². The van der Waals surface area contributed by atoms with Crippen molar-refractivity contribution in [1.82, 2.24) is 14.7 Å². The second kappa shape index (κ2) is 10.8. The molecule has 0 aliphatic carbocycles. The summed E-state index contributed by atoms with van der Waals surface area (Å²) in [4.78, 5) is 7.72. The zero-order chi connectivity index (χ0) is 20.1. The Morgan fingerprint density at radius 1 is 0.760 bits per heavy atom. The van der Waals surface area contributed by atoms with E-state index in [2.05, 4.69) is 129 Å². The van der Waals surface area contributed by atoms with Gasteiger partial charge in [0.1, 0.15) is 0 Å². The van der Waals surface area contributed by atoms with Crippen LogP contribution in [-0.4, -0.2) is 66.6 Å². The zero-order valence-corrected chi connectivity index (χ0v) is 22.7. The lowest BCUT2D eigenvalue weighted by Gasteiger charge is -2.44. The van der Waals surface area contributed by atoms with E-state index in [0.29, 0.717) is 4.05 Å². The average Bonchev–Trinajstić information content (AvgIpc) is 2.34. The minimum Gasteiger partial charge on any atom is -0.306 e. The molecule has 25 heavy (non-hydrogen) atoms. The molecule has 0 heterocycles. The van der Waals surface area contributed by atoms with Crippen LogP contribution >= 0.6 is 45.2 Å². The number of alkyl halides is 2. The van der Waals surface area contributed by atoms with Crippen molar-refractivity contribution in [3.05, 3.63) is 0 Å². The maximum atomic E-state index is 2.62. The number of hydrogen-bond donors (Lipinski definition) is 0. The van der Waals surface area contributed by atoms with E-state index in [1.165, 1.54) is 32.5 Å². The van der Waals surface area contributed by atoms with Gasteiger partial charge in [-0.2, -0.15) is 0 Å². The Morgan fingerprint density at radius 3 is 1.52 bits per heavy atom. The number of halogens is 2. The van der Waals surface area contributed by atoms with Crippen molar-refractivity contribution in [2.24, 2.45) is 0 Å². The van der Waals surface area contributed by atoms with Crippen LogP contribution < -0.4 is 0 Å². The third-order valence-electron chi connectivity index (χ3n) is 4.60. The van der Waals surface area contributed by atoms with Gasteiger partial charge in [0, 0.05) is 24.2 Å². The minimum absolute atomic E-state index is 0.193. The Hall–Kier alpha value is 1.34. The normalized spacial score (nSPS) is 15.5. The molecule has 0 aliphatic rings. The third kappa shape index (κ3) is 11.1. The van der Waals surface area contributed by atoms with Crippen LogP contribution in [0.15, 0.2) is 0 Å². The molecule has 0 aromatic rings. The first-order chi connectivity index (χ1) is 11.1. The molecule has 0 spiro atoms. The Labute approximate surface area is 185 Å². The molecule has 0 fully saturated rings. The highest BCUT2D eigenvalue weighted by Gasteiger charge is 2.32. The molecule has 0 rings (SSSR count). The van der Waals surface area contributed by atoms with Gasteiger partial charge in [0.15, 0.2) is 0 Å². The molecule has 0 amide bonds. The summed E-state index contributed by atoms with van der Waals surface area (Å²) >= 11 is 5.11. The predicted molar refractivity (Wildman–Crippen MR) is 131 cm³/mol. The standard InChI is InChI=1S/C20H43I2N3/c1-17(21)24(18(2,3)4)15-11-13-23(10)14-12-16-25(19(5,6)7)20(8,9)22/h17H,11-16H2,1-10H3. The molecule has 3 nitrogen and oxygen atoms in total. The second-order valence-corrected chi connectivity index (χ2v) is 14.1. The Morgan fingerprint density at radius 2 is 1.20 bits per heavy atom. The summed E-state index contributed by atoms with van der Waals surface area (Å²) in [6.45, 7) is 25.5. The number of rotatable bonds is 10. The molecular formula is C20H43I2N3. The summed E-state index contributed by atoms with van der Waals surface area (Å²) in [5, 5.41) is 0. The van der Waals surface area contributed by atoms with E-state index in [1.54, 1.807) is 0 Å². The predicted octanol–water partition coefficient (Wildman–Crippen LogP) is 5.85. The van der Waals surface area contributed by atoms with Gasteiger partial charge in [-0.15, -0.1) is 0 Å². The van der Waals surface area contributed by atoms with Gasteiger partial charge in [-0.1, -0.05) is 45.2 Å². The van der Waals surface area contributed by atoms with E-state index < -0.39 is 0 Å². The average molecular weight is 579 g/mol. The van der Waals surface area contributed by atoms with Crippen LogP contribution in [0.3, 0.4) is 0 Å². The molecule has 0 N–H and O–H groups in total. The molecular weight excluding hydrogens is 536 g/mol. The quantitative estimate of drug-likeness (QED) is 0.183. The first-order valence-electron chi connectivity index (χ1n) is 9.63. The summed E-state index contributed by atoms with van der Waals surface area (Å²) in [6.07, 6.45) is 2.47. The molecule has 0 aromatic heterocycles. The Balaban J connectivity index is 4.30. The summed E-state index contributed by atoms with van der Waals surface area (Å²) in [5.74, 6) is 0. The lowest BCUT2D eigenvalue weighted by molar-refractivity contribution is 0.0841. The molecule has 1 atom stereocenters. The maximum Gasteiger partial charge on any atom is 0.0677 e. The highest BCUT2D eigenvalue weighted by Crippen LogP contribution is 2.30. The van der Waals surface area contributed by atoms with Crippen LogP contribution in [0.25, 0.3) is 0 Å². The van der Waals surface area contributed by atoms with Crippen LogP contribution in [0.5, 0.6) is 0 Å². The van der Waals surface area contributed by atoms with E-state index in [9.17, 15) is 0 Å². The van der Waals surface area contributed by atoms with Crippen molar-refractivity contribution in [3.63, 3.8) is 0 Å². The SMILES string of the molecule is CC(I)N(CCCN(C)CCCN(C(C)(C)C)C(C)(C)I)C(C)(C)C. The van der Waals surface area contributed by atoms with E-state index >= 15 is 0 Å². The van der Waals surface area contributed by atoms with Crippen molar-refractivity contribution in [2.45, 2.75) is 93.8 Å². The van der Waals surface area contributed by atoms with Crippen LogP contribution in [0, 0.1) is 0 Å². The van der Waals surface area contributed by atoms with Gasteiger partial charge in [-0.3, -0.25) is 9.80 Å². The number of hydrogen-bond acceptors (Lipinski definition) is 3. The number of nitrogens with zero attached hydrogens (tertiary/aromatic N) is 3. The van der Waals surface area contributed by atoms with Crippen LogP contribution in [-0.2, 0) is 0 Å². The zero-order valence-electron chi connectivity index (χ0n) is 18.4. The molecule has 0 aliphatic heterocycles. The highest BCUT2D eigenvalue weighted by atomic mass is 127. The van der Waals surface area contributed by atoms with E-state index in [1.807, 2.05) is 0 Å². The lowest BCUT2D eigenvalue weighted by Crippen LogP contribution is -2.51. The summed E-state index contributed by atoms with van der Waals surface area (Å²) < 4.78 is 0.771. The monoisotopic (exact) mass is 579 g/mol. The van der Waals surface area contributed by atoms with Gasteiger partial charge < -0.3 is 4.90 Å². The van der Waals surface area contributed by atoms with Gasteiger partial charge in [0.25, 0.3) is 0 Å². The second-order valence-electron chi connectivity index (χ2n) is 9.68. The molecule has 0 saturated carbocycles. The van der Waals surface area contributed by atoms with Crippen molar-refractivity contribution >= 4 is 45.2 Å². The maximum absolute atomic E-state index is 2.62. The van der Waals surface area contributed by atoms with Crippen LogP contribution in [0.1, 0.15) is 75.2 Å². The van der Waals surface area contributed by atoms with Crippen molar-refractivity contribution in [1.29, 1.82) is 0 Å². The van der Waals surface area contributed by atoms with Crippen LogP contribution in [0.2, 0.25) is 0 Å². The molecule has 0 radical (unpaired) electrons. The fourth-order valence-corrected chi connectivity index (χ4v) is 5.65. The fourth-order valence-electron chi connectivity index (χ4n) is 3.57. The highest BCUT2D eigenvalue weighted by molar-refractivity contribution is 14.1. The van der Waals surface area contributed by atoms with Gasteiger partial charge in [-0.25, -0.2) is 0 Å². The summed E-state index contributed by atoms with van der Waals surface area (Å²) in [6, 6.07) is 0. The largest absolute Gasteiger partial charge is 0.306 e. The molecule has 5 heteroatoms. The minimum atomic E-state index is 0.193. The molecule has 1 unspecified atom stereocenters. The first-order valence-corrected chi connectivity index (χ1v) is 12.0. The van der Waals surface area contributed by atoms with Gasteiger partial charge >= 0.3 is 0 Å². The van der Waals surface area contributed by atoms with E-state index in [0.717, 1.165) is 6.54 Å². The van der Waals surface area contributed by atoms with Crippen molar-refractivity contribution in [2.75, 3.05) is 33.2 Å². The lowest BCUT2D eigenvalue weighted by atomic mass is 10.0. The molecule has 0 aromatic carbocycles. The topological polar surface area (TPSA) is 9.72 Å². The van der Waals surface area contributed by atoms with Gasteiger partial charge in [0.2, 0.25) is 0 Å². The van der Waals surface area contributed by atoms with Gasteiger partial charge in [0.05, 0.1) is 7.59 Å². The molecule has 0 saturated heterocycles. The summed E-state index contributed by atoms with van der Waals surface area (Å²) in [5.41, 5.74) is 0.463. The van der Waals surface area contributed by atoms with Crippen molar-refractivity contribution < 1.29 is 0 Å². The summed E-state index contributed by atoms with van der Waals surface area (Å²) in [7, 11) is 2.27. The van der Waals surface area contributed by atoms with E-state index in [4.69, 9.17) is 0 Å². The van der Waals surface area contributed by atoms with Gasteiger partial charge in [-0.05, 0) is 95.3 Å². The van der Waals surface area contributed by atoms with Crippen molar-refractivity contribution in [3.8, 4) is 0 Å².